The number of nitrogens with zero attached hydrogens (tertiary/aromatic N) is 2. The van der Waals surface area contributed by atoms with Crippen molar-refractivity contribution >= 4 is 43.3 Å². The molecule has 0 atom stereocenters. The van der Waals surface area contributed by atoms with Crippen LogP contribution in [-0.2, 0) is 33.1 Å². The van der Waals surface area contributed by atoms with E-state index in [-0.39, 0.29) is 22.9 Å². The van der Waals surface area contributed by atoms with Crippen LogP contribution in [0.15, 0.2) is 112 Å². The van der Waals surface area contributed by atoms with Gasteiger partial charge in [-0.1, -0.05) is 48.0 Å². The number of sulfonamides is 2. The fraction of sp³-hybridized carbons (Fsp3) is 0.133. The van der Waals surface area contributed by atoms with Crippen LogP contribution in [0.5, 0.6) is 0 Å². The van der Waals surface area contributed by atoms with E-state index in [1.54, 1.807) is 43.3 Å². The molecule has 4 aromatic rings. The molecule has 9 nitrogen and oxygen atoms in total. The predicted octanol–water partition coefficient (Wildman–Crippen LogP) is 4.93. The zero-order chi connectivity index (χ0) is 31.2. The molecular formula is C30H28ClFN4O5S2. The van der Waals surface area contributed by atoms with E-state index in [9.17, 15) is 26.0 Å². The molecule has 1 amide bonds. The Kier molecular flexibility index (Phi) is 10.1. The van der Waals surface area contributed by atoms with Gasteiger partial charge in [-0.25, -0.2) is 31.4 Å². The Balaban J connectivity index is 1.49. The van der Waals surface area contributed by atoms with Crippen LogP contribution >= 0.6 is 11.6 Å². The molecule has 13 heteroatoms. The first-order valence-corrected chi connectivity index (χ1v) is 16.2. The van der Waals surface area contributed by atoms with Crippen LogP contribution in [0, 0.1) is 5.82 Å². The Morgan fingerprint density at radius 2 is 1.26 bits per heavy atom. The summed E-state index contributed by atoms with van der Waals surface area (Å²) in [6.07, 6.45) is 0. The largest absolute Gasteiger partial charge is 0.271 e. The van der Waals surface area contributed by atoms with Crippen LogP contribution in [0.2, 0.25) is 5.02 Å². The number of amides is 1. The third-order valence-electron chi connectivity index (χ3n) is 6.47. The molecule has 0 aliphatic rings. The summed E-state index contributed by atoms with van der Waals surface area (Å²) in [4.78, 5) is 12.9. The van der Waals surface area contributed by atoms with Crippen LogP contribution in [-0.4, -0.2) is 39.8 Å². The summed E-state index contributed by atoms with van der Waals surface area (Å²) < 4.78 is 67.9. The molecule has 0 bridgehead atoms. The summed E-state index contributed by atoms with van der Waals surface area (Å²) in [5.41, 5.74) is 5.06. The first-order chi connectivity index (χ1) is 20.4. The standard InChI is InChI=1S/C30H28ClFN4O5S2/c1-21(24-9-15-28(16-10-24)42(38,39)33-2)34-35-30(37)25-7-3-22(4-8-25)19-36(20-23-5-13-27(32)14-6-23)43(40,41)29-17-11-26(31)12-18-29/h3-18,33H,19-20H2,1-2H3,(H,35,37). The van der Waals surface area contributed by atoms with Gasteiger partial charge < -0.3 is 0 Å². The Bertz CT molecular complexity index is 1830. The van der Waals surface area contributed by atoms with Crippen molar-refractivity contribution < 1.29 is 26.0 Å². The van der Waals surface area contributed by atoms with Crippen molar-refractivity contribution in [2.24, 2.45) is 5.10 Å². The summed E-state index contributed by atoms with van der Waals surface area (Å²) in [6.45, 7) is 1.64. The number of rotatable bonds is 11. The zero-order valence-corrected chi connectivity index (χ0v) is 25.5. The third-order valence-corrected chi connectivity index (χ3v) is 9.96. The lowest BCUT2D eigenvalue weighted by molar-refractivity contribution is 0.0954. The number of hydrazone groups is 1. The van der Waals surface area contributed by atoms with Crippen molar-refractivity contribution in [2.45, 2.75) is 29.8 Å². The molecule has 0 spiro atoms. The van der Waals surface area contributed by atoms with Crippen molar-refractivity contribution in [3.8, 4) is 0 Å². The lowest BCUT2D eigenvalue weighted by Crippen LogP contribution is -2.30. The number of carbonyl (C=O) groups excluding carboxylic acids is 1. The fourth-order valence-corrected chi connectivity index (χ4v) is 6.27. The van der Waals surface area contributed by atoms with Gasteiger partial charge in [0, 0.05) is 23.7 Å². The Morgan fingerprint density at radius 3 is 1.79 bits per heavy atom. The summed E-state index contributed by atoms with van der Waals surface area (Å²) in [5.74, 6) is -0.917. The highest BCUT2D eigenvalue weighted by atomic mass is 35.5. The van der Waals surface area contributed by atoms with Crippen LogP contribution in [0.4, 0.5) is 4.39 Å². The van der Waals surface area contributed by atoms with Gasteiger partial charge in [0.15, 0.2) is 0 Å². The molecule has 0 unspecified atom stereocenters. The van der Waals surface area contributed by atoms with E-state index in [0.29, 0.717) is 33.0 Å². The molecule has 0 saturated carbocycles. The second-order valence-corrected chi connectivity index (χ2v) is 13.7. The predicted molar refractivity (Wildman–Crippen MR) is 163 cm³/mol. The van der Waals surface area contributed by atoms with E-state index in [2.05, 4.69) is 15.2 Å². The molecular weight excluding hydrogens is 615 g/mol. The van der Waals surface area contributed by atoms with Gasteiger partial charge in [0.2, 0.25) is 20.0 Å². The molecule has 4 aromatic carbocycles. The monoisotopic (exact) mass is 642 g/mol. The van der Waals surface area contributed by atoms with Crippen LogP contribution < -0.4 is 10.1 Å². The molecule has 43 heavy (non-hydrogen) atoms. The van der Waals surface area contributed by atoms with Crippen molar-refractivity contribution in [1.29, 1.82) is 0 Å². The van der Waals surface area contributed by atoms with Gasteiger partial charge in [0.05, 0.1) is 15.5 Å². The molecule has 0 fully saturated rings. The molecule has 0 radical (unpaired) electrons. The first kappa shape index (κ1) is 32.0. The van der Waals surface area contributed by atoms with E-state index in [4.69, 9.17) is 11.6 Å². The molecule has 0 aliphatic carbocycles. The lowest BCUT2D eigenvalue weighted by Gasteiger charge is -2.23. The minimum absolute atomic E-state index is 0.0106. The van der Waals surface area contributed by atoms with E-state index < -0.39 is 31.8 Å². The van der Waals surface area contributed by atoms with Gasteiger partial charge >= 0.3 is 0 Å². The summed E-state index contributed by atoms with van der Waals surface area (Å²) in [7, 11) is -6.21. The van der Waals surface area contributed by atoms with Crippen LogP contribution in [0.3, 0.4) is 0 Å². The van der Waals surface area contributed by atoms with Gasteiger partial charge in [-0.15, -0.1) is 0 Å². The van der Waals surface area contributed by atoms with Crippen LogP contribution in [0.1, 0.15) is 34.0 Å². The van der Waals surface area contributed by atoms with Crippen molar-refractivity contribution in [1.82, 2.24) is 14.5 Å². The van der Waals surface area contributed by atoms with Gasteiger partial charge in [0.25, 0.3) is 5.91 Å². The molecule has 0 aliphatic heterocycles. The quantitative estimate of drug-likeness (QED) is 0.177. The highest BCUT2D eigenvalue weighted by Crippen LogP contribution is 2.23. The molecule has 0 heterocycles. The van der Waals surface area contributed by atoms with Gasteiger partial charge in [0.1, 0.15) is 5.82 Å². The number of hydrogen-bond acceptors (Lipinski definition) is 6. The second-order valence-electron chi connectivity index (χ2n) is 9.42. The molecule has 0 aromatic heterocycles. The maximum atomic E-state index is 13.5. The minimum atomic E-state index is -3.96. The van der Waals surface area contributed by atoms with E-state index in [1.807, 2.05) is 0 Å². The Morgan fingerprint density at radius 1 is 0.767 bits per heavy atom. The summed E-state index contributed by atoms with van der Waals surface area (Å²) >= 11 is 5.95. The normalized spacial score (nSPS) is 12.3. The summed E-state index contributed by atoms with van der Waals surface area (Å²) in [5, 5.41) is 4.51. The molecule has 2 N–H and O–H groups in total. The average Bonchev–Trinajstić information content (AvgIpc) is 3.01. The number of halogens is 2. The molecule has 4 rings (SSSR count). The number of hydrogen-bond donors (Lipinski definition) is 2. The third kappa shape index (κ3) is 8.12. The smallest absolute Gasteiger partial charge is 0.267 e. The van der Waals surface area contributed by atoms with Gasteiger partial charge in [-0.05, 0) is 91.3 Å². The second kappa shape index (κ2) is 13.6. The van der Waals surface area contributed by atoms with Gasteiger partial charge in [-0.3, -0.25) is 4.79 Å². The lowest BCUT2D eigenvalue weighted by atomic mass is 10.1. The number of nitrogens with one attached hydrogen (secondary N) is 2. The van der Waals surface area contributed by atoms with Gasteiger partial charge in [-0.2, -0.15) is 9.41 Å². The van der Waals surface area contributed by atoms with Crippen molar-refractivity contribution in [3.63, 3.8) is 0 Å². The summed E-state index contributed by atoms with van der Waals surface area (Å²) in [6, 6.07) is 23.8. The van der Waals surface area contributed by atoms with E-state index in [1.165, 1.54) is 72.0 Å². The minimum Gasteiger partial charge on any atom is -0.267 e. The SMILES string of the molecule is CNS(=O)(=O)c1ccc(C(C)=NNC(=O)c2ccc(CN(Cc3ccc(F)cc3)S(=O)(=O)c3ccc(Cl)cc3)cc2)cc1. The van der Waals surface area contributed by atoms with Crippen molar-refractivity contribution in [2.75, 3.05) is 7.05 Å². The van der Waals surface area contributed by atoms with E-state index in [0.717, 1.165) is 0 Å². The molecule has 0 saturated heterocycles. The Labute approximate surface area is 255 Å². The fourth-order valence-electron chi connectivity index (χ4n) is 4.00. The average molecular weight is 643 g/mol. The first-order valence-electron chi connectivity index (χ1n) is 12.9. The Hall–Kier alpha value is -3.94. The van der Waals surface area contributed by atoms with Crippen molar-refractivity contribution in [3.05, 3.63) is 130 Å². The zero-order valence-electron chi connectivity index (χ0n) is 23.2. The maximum Gasteiger partial charge on any atom is 0.271 e. The topological polar surface area (TPSA) is 125 Å². The maximum absolute atomic E-state index is 13.5. The number of benzene rings is 4. The highest BCUT2D eigenvalue weighted by molar-refractivity contribution is 7.89. The molecule has 224 valence electrons. The van der Waals surface area contributed by atoms with Crippen LogP contribution in [0.25, 0.3) is 0 Å². The number of carbonyl (C=O) groups is 1. The van der Waals surface area contributed by atoms with E-state index >= 15 is 0 Å². The highest BCUT2D eigenvalue weighted by Gasteiger charge is 2.25.